The number of hydrogen-bond donors (Lipinski definition) is 0. The first kappa shape index (κ1) is 17.8. The van der Waals surface area contributed by atoms with E-state index in [1.54, 1.807) is 7.05 Å². The summed E-state index contributed by atoms with van der Waals surface area (Å²) >= 11 is 0. The van der Waals surface area contributed by atoms with Crippen molar-refractivity contribution in [3.05, 3.63) is 36.5 Å². The minimum absolute atomic E-state index is 0.0568. The van der Waals surface area contributed by atoms with Gasteiger partial charge in [-0.3, -0.25) is 9.69 Å². The fourth-order valence-electron chi connectivity index (χ4n) is 4.42. The number of anilines is 1. The molecule has 0 N–H and O–H groups in total. The molecule has 1 aromatic carbocycles. The molecule has 2 saturated heterocycles. The lowest BCUT2D eigenvalue weighted by molar-refractivity contribution is -0.133. The number of amides is 3. The first-order valence-corrected chi connectivity index (χ1v) is 9.62. The standard InChI is InChI=1S/C21H26N4O2/c1-15(2)14-25-20(27)23(3)19(26)21(25)9-12-24(13-10-21)18-17-7-5-4-6-16(17)8-11-22-18/h4-8,11,15H,9-10,12-14H2,1-3H3. The summed E-state index contributed by atoms with van der Waals surface area (Å²) in [5.74, 6) is 1.23. The van der Waals surface area contributed by atoms with E-state index < -0.39 is 5.54 Å². The van der Waals surface area contributed by atoms with E-state index in [9.17, 15) is 9.59 Å². The summed E-state index contributed by atoms with van der Waals surface area (Å²) in [6.45, 7) is 6.20. The summed E-state index contributed by atoms with van der Waals surface area (Å²) in [5.41, 5.74) is -0.697. The van der Waals surface area contributed by atoms with Crippen LogP contribution in [0, 0.1) is 5.92 Å². The first-order chi connectivity index (χ1) is 12.9. The van der Waals surface area contributed by atoms with E-state index in [0.717, 1.165) is 16.6 Å². The zero-order valence-corrected chi connectivity index (χ0v) is 16.2. The molecule has 0 unspecified atom stereocenters. The van der Waals surface area contributed by atoms with Gasteiger partial charge in [0.1, 0.15) is 11.4 Å². The molecule has 0 saturated carbocycles. The Kier molecular flexibility index (Phi) is 4.29. The second-order valence-electron chi connectivity index (χ2n) is 8.03. The number of carbonyl (C=O) groups is 2. The Morgan fingerprint density at radius 2 is 1.81 bits per heavy atom. The van der Waals surface area contributed by atoms with Gasteiger partial charge in [0.2, 0.25) is 0 Å². The van der Waals surface area contributed by atoms with Crippen molar-refractivity contribution in [2.45, 2.75) is 32.2 Å². The minimum atomic E-state index is -0.697. The quantitative estimate of drug-likeness (QED) is 0.783. The highest BCUT2D eigenvalue weighted by molar-refractivity contribution is 6.07. The van der Waals surface area contributed by atoms with Crippen molar-refractivity contribution in [2.24, 2.45) is 5.92 Å². The highest BCUT2D eigenvalue weighted by Crippen LogP contribution is 2.39. The molecule has 2 aliphatic heterocycles. The van der Waals surface area contributed by atoms with Crippen molar-refractivity contribution >= 4 is 28.5 Å². The van der Waals surface area contributed by atoms with Gasteiger partial charge in [-0.2, -0.15) is 0 Å². The molecule has 0 aliphatic carbocycles. The first-order valence-electron chi connectivity index (χ1n) is 9.62. The molecule has 2 aliphatic rings. The summed E-state index contributed by atoms with van der Waals surface area (Å²) < 4.78 is 0. The van der Waals surface area contributed by atoms with E-state index in [1.165, 1.54) is 4.90 Å². The summed E-state index contributed by atoms with van der Waals surface area (Å²) in [4.78, 5) is 35.6. The molecule has 0 radical (unpaired) electrons. The third-order valence-corrected chi connectivity index (χ3v) is 5.83. The van der Waals surface area contributed by atoms with Gasteiger partial charge in [0.05, 0.1) is 0 Å². The molecule has 3 heterocycles. The molecule has 6 heteroatoms. The third kappa shape index (κ3) is 2.74. The van der Waals surface area contributed by atoms with Gasteiger partial charge < -0.3 is 9.80 Å². The summed E-state index contributed by atoms with van der Waals surface area (Å²) in [6.07, 6.45) is 3.12. The molecule has 2 aromatic rings. The number of piperidine rings is 1. The second-order valence-corrected chi connectivity index (χ2v) is 8.03. The molecule has 0 atom stereocenters. The van der Waals surface area contributed by atoms with E-state index in [-0.39, 0.29) is 11.9 Å². The van der Waals surface area contributed by atoms with Gasteiger partial charge in [0.25, 0.3) is 5.91 Å². The molecule has 6 nitrogen and oxygen atoms in total. The van der Waals surface area contributed by atoms with E-state index in [4.69, 9.17) is 0 Å². The number of rotatable bonds is 3. The molecule has 27 heavy (non-hydrogen) atoms. The van der Waals surface area contributed by atoms with Crippen molar-refractivity contribution in [1.29, 1.82) is 0 Å². The maximum Gasteiger partial charge on any atom is 0.327 e. The molecular weight excluding hydrogens is 340 g/mol. The van der Waals surface area contributed by atoms with Crippen LogP contribution in [0.1, 0.15) is 26.7 Å². The Balaban J connectivity index is 1.62. The van der Waals surface area contributed by atoms with Gasteiger partial charge in [0, 0.05) is 38.3 Å². The molecule has 3 amide bonds. The van der Waals surface area contributed by atoms with E-state index in [1.807, 2.05) is 29.3 Å². The van der Waals surface area contributed by atoms with Crippen molar-refractivity contribution in [1.82, 2.24) is 14.8 Å². The average Bonchev–Trinajstić information content (AvgIpc) is 2.84. The summed E-state index contributed by atoms with van der Waals surface area (Å²) in [6, 6.07) is 10.1. The lowest BCUT2D eigenvalue weighted by Gasteiger charge is -2.43. The number of carbonyl (C=O) groups excluding carboxylic acids is 2. The predicted octanol–water partition coefficient (Wildman–Crippen LogP) is 3.12. The molecule has 0 bridgehead atoms. The Bertz CT molecular complexity index is 881. The van der Waals surface area contributed by atoms with Gasteiger partial charge in [-0.25, -0.2) is 9.78 Å². The number of pyridine rings is 1. The van der Waals surface area contributed by atoms with Crippen LogP contribution in [0.4, 0.5) is 10.6 Å². The predicted molar refractivity (Wildman–Crippen MR) is 106 cm³/mol. The lowest BCUT2D eigenvalue weighted by atomic mass is 9.85. The van der Waals surface area contributed by atoms with E-state index >= 15 is 0 Å². The van der Waals surface area contributed by atoms with Crippen molar-refractivity contribution in [2.75, 3.05) is 31.6 Å². The van der Waals surface area contributed by atoms with Crippen LogP contribution < -0.4 is 4.90 Å². The maximum atomic E-state index is 13.0. The van der Waals surface area contributed by atoms with Crippen LogP contribution in [0.15, 0.2) is 36.5 Å². The smallest absolute Gasteiger partial charge is 0.327 e. The number of nitrogens with zero attached hydrogens (tertiary/aromatic N) is 4. The maximum absolute atomic E-state index is 13.0. The Hall–Kier alpha value is -2.63. The topological polar surface area (TPSA) is 56.8 Å². The number of likely N-dealkylation sites (N-methyl/N-ethyl adjacent to an activating group) is 1. The SMILES string of the molecule is CC(C)CN1C(=O)N(C)C(=O)C12CCN(c1nccc3ccccc13)CC2. The summed E-state index contributed by atoms with van der Waals surface area (Å²) in [7, 11) is 1.60. The lowest BCUT2D eigenvalue weighted by Crippen LogP contribution is -2.57. The number of hydrogen-bond acceptors (Lipinski definition) is 4. The van der Waals surface area contributed by atoms with Gasteiger partial charge >= 0.3 is 6.03 Å². The largest absolute Gasteiger partial charge is 0.356 e. The third-order valence-electron chi connectivity index (χ3n) is 5.83. The highest BCUT2D eigenvalue weighted by Gasteiger charge is 2.56. The van der Waals surface area contributed by atoms with Gasteiger partial charge in [-0.05, 0) is 30.2 Å². The van der Waals surface area contributed by atoms with Crippen LogP contribution in [0.3, 0.4) is 0 Å². The van der Waals surface area contributed by atoms with Crippen molar-refractivity contribution in [3.63, 3.8) is 0 Å². The zero-order valence-electron chi connectivity index (χ0n) is 16.2. The van der Waals surface area contributed by atoms with Gasteiger partial charge in [-0.1, -0.05) is 38.1 Å². The molecule has 2 fully saturated rings. The second kappa shape index (κ2) is 6.51. The normalized spacial score (nSPS) is 19.8. The average molecular weight is 366 g/mol. The van der Waals surface area contributed by atoms with Crippen LogP contribution in [0.5, 0.6) is 0 Å². The van der Waals surface area contributed by atoms with Crippen LogP contribution in [-0.4, -0.2) is 58.9 Å². The number of imide groups is 1. The monoisotopic (exact) mass is 366 g/mol. The van der Waals surface area contributed by atoms with E-state index in [2.05, 4.69) is 35.9 Å². The zero-order chi connectivity index (χ0) is 19.2. The fraction of sp³-hybridized carbons (Fsp3) is 0.476. The number of aromatic nitrogens is 1. The van der Waals surface area contributed by atoms with E-state index in [0.29, 0.717) is 38.4 Å². The number of benzene rings is 1. The van der Waals surface area contributed by atoms with Crippen LogP contribution >= 0.6 is 0 Å². The highest BCUT2D eigenvalue weighted by atomic mass is 16.2. The van der Waals surface area contributed by atoms with Gasteiger partial charge in [-0.15, -0.1) is 0 Å². The van der Waals surface area contributed by atoms with Gasteiger partial charge in [0.15, 0.2) is 0 Å². The van der Waals surface area contributed by atoms with Crippen molar-refractivity contribution < 1.29 is 9.59 Å². The fourth-order valence-corrected chi connectivity index (χ4v) is 4.42. The Morgan fingerprint density at radius 1 is 1.11 bits per heavy atom. The Morgan fingerprint density at radius 3 is 2.52 bits per heavy atom. The van der Waals surface area contributed by atoms with Crippen LogP contribution in [0.25, 0.3) is 10.8 Å². The Labute approximate surface area is 159 Å². The van der Waals surface area contributed by atoms with Crippen LogP contribution in [-0.2, 0) is 4.79 Å². The molecule has 1 aromatic heterocycles. The number of urea groups is 1. The molecule has 4 rings (SSSR count). The van der Waals surface area contributed by atoms with Crippen molar-refractivity contribution in [3.8, 4) is 0 Å². The molecule has 1 spiro atoms. The molecule has 142 valence electrons. The summed E-state index contributed by atoms with van der Waals surface area (Å²) in [5, 5.41) is 2.29. The van der Waals surface area contributed by atoms with Crippen LogP contribution in [0.2, 0.25) is 0 Å². The number of fused-ring (bicyclic) bond motifs is 1. The minimum Gasteiger partial charge on any atom is -0.356 e. The molecular formula is C21H26N4O2.